The molecule has 0 amide bonds. The van der Waals surface area contributed by atoms with Gasteiger partial charge in [0.1, 0.15) is 18.1 Å². The molecule has 64 heavy (non-hydrogen) atoms. The second-order valence-electron chi connectivity index (χ2n) is 15.5. The number of H-pyrrole nitrogens is 1. The third-order valence-corrected chi connectivity index (χ3v) is 14.3. The Morgan fingerprint density at radius 3 is 2.00 bits per heavy atom. The van der Waals surface area contributed by atoms with Crippen LogP contribution in [0.25, 0.3) is 62.9 Å². The van der Waals surface area contributed by atoms with Gasteiger partial charge in [0.05, 0.1) is 23.4 Å². The summed E-state index contributed by atoms with van der Waals surface area (Å²) in [5.74, 6) is -0.0870. The van der Waals surface area contributed by atoms with E-state index in [1.54, 1.807) is 60.3 Å². The van der Waals surface area contributed by atoms with Gasteiger partial charge in [-0.1, -0.05) is 84.1 Å². The molecule has 4 aromatic carbocycles. The molecule has 10 aromatic rings. The summed E-state index contributed by atoms with van der Waals surface area (Å²) in [5.41, 5.74) is 5.80. The summed E-state index contributed by atoms with van der Waals surface area (Å²) < 4.78 is 28.4. The minimum atomic E-state index is -1.44. The molecule has 0 radical (unpaired) electrons. The summed E-state index contributed by atoms with van der Waals surface area (Å²) in [4.78, 5) is 33.1. The summed E-state index contributed by atoms with van der Waals surface area (Å²) in [6, 6.07) is 41.1. The molecule has 0 spiro atoms. The van der Waals surface area contributed by atoms with Gasteiger partial charge in [0.2, 0.25) is 5.78 Å². The van der Waals surface area contributed by atoms with E-state index >= 15 is 0 Å². The minimum absolute atomic E-state index is 0.0870. The van der Waals surface area contributed by atoms with Crippen LogP contribution in [0.1, 0.15) is 26.5 Å². The van der Waals surface area contributed by atoms with E-state index in [2.05, 4.69) is 121 Å². The molecule has 16 heteroatoms. The van der Waals surface area contributed by atoms with Crippen LogP contribution >= 0.6 is 38.6 Å². The van der Waals surface area contributed by atoms with Crippen LogP contribution < -0.4 is 0 Å². The van der Waals surface area contributed by atoms with Gasteiger partial charge in [-0.15, -0.1) is 22.7 Å². The number of fused-ring (bicyclic) bond motifs is 4. The van der Waals surface area contributed by atoms with Crippen molar-refractivity contribution in [3.63, 3.8) is 0 Å². The number of hydrogen-bond donors (Lipinski definition) is 1. The molecule has 323 valence electrons. The SMILES string of the molecule is C[Si](C)(C)CCOCn1ncc2cc(Br)cc(-c3cc4ccccc4s3)c21.O=C(c1cc(-c2cc3ccccc3s2)c2[nH]ncc2c1)c1ccccn1.O=Cc1ccccn1.[O]=[Mn]=[O]. The van der Waals surface area contributed by atoms with Gasteiger partial charge in [-0.05, 0) is 89.6 Å². The molecule has 6 aromatic heterocycles. The first-order chi connectivity index (χ1) is 31.0. The summed E-state index contributed by atoms with van der Waals surface area (Å²) in [7, 11) is -1.08. The van der Waals surface area contributed by atoms with Crippen molar-refractivity contribution < 1.29 is 36.8 Å². The van der Waals surface area contributed by atoms with Crippen LogP contribution in [0.3, 0.4) is 0 Å². The number of ether oxygens (including phenoxy) is 1. The number of aldehydes is 1. The fourth-order valence-electron chi connectivity index (χ4n) is 6.71. The van der Waals surface area contributed by atoms with Crippen molar-refractivity contribution >= 4 is 101 Å². The Hall–Kier alpha value is -5.84. The number of ketones is 1. The number of hydrogen-bond acceptors (Lipinski definition) is 11. The number of aromatic amines is 1. The average molecular weight is 1010 g/mol. The van der Waals surface area contributed by atoms with E-state index in [-0.39, 0.29) is 5.78 Å². The van der Waals surface area contributed by atoms with Gasteiger partial charge in [-0.3, -0.25) is 24.7 Å². The molecular weight excluding hydrogens is 968 g/mol. The zero-order valence-electron chi connectivity index (χ0n) is 34.9. The zero-order chi connectivity index (χ0) is 45.1. The second kappa shape index (κ2) is 21.7. The quantitative estimate of drug-likeness (QED) is 0.0611. The fourth-order valence-corrected chi connectivity index (χ4v) is 10.1. The topological polar surface area (TPSA) is 150 Å². The summed E-state index contributed by atoms with van der Waals surface area (Å²) in [5, 5.41) is 16.4. The van der Waals surface area contributed by atoms with E-state index < -0.39 is 22.9 Å². The number of benzene rings is 4. The predicted molar refractivity (Wildman–Crippen MR) is 258 cm³/mol. The Labute approximate surface area is 392 Å². The molecule has 1 N–H and O–H groups in total. The molecule has 0 unspecified atom stereocenters. The van der Waals surface area contributed by atoms with Gasteiger partial charge in [-0.25, -0.2) is 4.68 Å². The van der Waals surface area contributed by atoms with Gasteiger partial charge >= 0.3 is 22.5 Å². The van der Waals surface area contributed by atoms with Crippen molar-refractivity contribution in [2.75, 3.05) is 6.61 Å². The van der Waals surface area contributed by atoms with E-state index in [0.29, 0.717) is 23.7 Å². The van der Waals surface area contributed by atoms with Crippen molar-refractivity contribution in [2.45, 2.75) is 32.4 Å². The number of nitrogens with zero attached hydrogens (tertiary/aromatic N) is 5. The van der Waals surface area contributed by atoms with E-state index in [1.807, 2.05) is 52.5 Å². The van der Waals surface area contributed by atoms with Gasteiger partial charge in [-0.2, -0.15) is 10.2 Å². The average Bonchev–Trinajstić information content (AvgIpc) is 4.14. The van der Waals surface area contributed by atoms with E-state index in [1.165, 1.54) is 36.7 Å². The van der Waals surface area contributed by atoms with Crippen molar-refractivity contribution in [1.29, 1.82) is 0 Å². The number of thiophene rings is 2. The number of pyridine rings is 2. The number of halogens is 1. The molecule has 11 nitrogen and oxygen atoms in total. The molecule has 0 aliphatic carbocycles. The van der Waals surface area contributed by atoms with Crippen molar-refractivity contribution in [2.24, 2.45) is 0 Å². The van der Waals surface area contributed by atoms with Crippen LogP contribution in [0.5, 0.6) is 0 Å². The second-order valence-corrected chi connectivity index (χ2v) is 24.4. The normalized spacial score (nSPS) is 11.0. The van der Waals surface area contributed by atoms with Crippen LogP contribution in [-0.4, -0.2) is 56.7 Å². The van der Waals surface area contributed by atoms with Crippen LogP contribution in [0, 0.1) is 0 Å². The van der Waals surface area contributed by atoms with E-state index in [4.69, 9.17) is 12.4 Å². The number of carbonyl (C=O) groups excluding carboxylic acids is 2. The Bertz CT molecular complexity index is 3150. The fraction of sp³-hybridized carbons (Fsp3) is 0.125. The van der Waals surface area contributed by atoms with Crippen molar-refractivity contribution in [3.8, 4) is 20.9 Å². The monoisotopic (exact) mass is 1010 g/mol. The number of aromatic nitrogens is 6. The predicted octanol–water partition coefficient (Wildman–Crippen LogP) is 12.7. The first-order valence-corrected chi connectivity index (χ1v) is 27.0. The molecule has 0 aliphatic rings. The molecule has 0 fully saturated rings. The van der Waals surface area contributed by atoms with Gasteiger partial charge < -0.3 is 4.74 Å². The number of carbonyl (C=O) groups is 2. The maximum absolute atomic E-state index is 12.9. The molecule has 6 heterocycles. The van der Waals surface area contributed by atoms with Crippen LogP contribution in [-0.2, 0) is 34.0 Å². The van der Waals surface area contributed by atoms with Crippen LogP contribution in [0.2, 0.25) is 25.7 Å². The maximum atomic E-state index is 12.9. The van der Waals surface area contributed by atoms with Crippen LogP contribution in [0.15, 0.2) is 151 Å². The van der Waals surface area contributed by atoms with E-state index in [9.17, 15) is 9.59 Å². The van der Waals surface area contributed by atoms with Crippen LogP contribution in [0.4, 0.5) is 0 Å². The summed E-state index contributed by atoms with van der Waals surface area (Å²) in [6.07, 6.45) is 7.63. The standard InChI is InChI=1S/C21H23BrN2OSSi.C21H13N3OS.C6H5NO.Mn.2O/c1-27(2,3)9-8-25-14-24-21-16(13-23-24)10-17(22)12-18(21)20-11-15-6-4-5-7-19(15)26-20;25-21(17-6-3-4-8-22-17)14-9-15-12-23-24-20(15)16(10-14)19-11-13-5-1-2-7-18(13)26-19;8-5-6-3-1-2-4-7-6;;;/h4-7,10-13H,8-9,14H2,1-3H3;1-12H,(H,23,24);1-5H;;;. The Morgan fingerprint density at radius 2 is 1.41 bits per heavy atom. The summed E-state index contributed by atoms with van der Waals surface area (Å²) in [6.45, 7) is 8.41. The number of nitrogens with one attached hydrogen (secondary N) is 1. The molecule has 0 saturated heterocycles. The first kappa shape index (κ1) is 46.2. The Kier molecular flexibility index (Phi) is 15.6. The molecular formula is C48H41BrMnN6O5S2Si. The van der Waals surface area contributed by atoms with Gasteiger partial charge in [0.15, 0.2) is 6.29 Å². The summed E-state index contributed by atoms with van der Waals surface area (Å²) >= 11 is 5.75. The molecule has 0 saturated carbocycles. The first-order valence-electron chi connectivity index (χ1n) is 19.9. The number of rotatable bonds is 10. The van der Waals surface area contributed by atoms with Crippen molar-refractivity contribution in [3.05, 3.63) is 168 Å². The zero-order valence-corrected chi connectivity index (χ0v) is 40.3. The Morgan fingerprint density at radius 1 is 0.766 bits per heavy atom. The molecule has 0 atom stereocenters. The van der Waals surface area contributed by atoms with Gasteiger partial charge in [0, 0.05) is 78.2 Å². The van der Waals surface area contributed by atoms with Gasteiger partial charge in [0.25, 0.3) is 0 Å². The third-order valence-electron chi connectivity index (χ3n) is 9.81. The Balaban J connectivity index is 0.000000155. The molecule has 0 aliphatic heterocycles. The third kappa shape index (κ3) is 11.6. The molecule has 10 rings (SSSR count). The van der Waals surface area contributed by atoms with Crippen molar-refractivity contribution in [1.82, 2.24) is 29.9 Å². The van der Waals surface area contributed by atoms with E-state index in [0.717, 1.165) is 49.6 Å². The molecule has 0 bridgehead atoms.